The van der Waals surface area contributed by atoms with Crippen molar-refractivity contribution in [3.05, 3.63) is 24.0 Å². The number of nitrogens with zero attached hydrogens (tertiary/aromatic N) is 2. The minimum absolute atomic E-state index is 0.687. The molecule has 0 spiro atoms. The first-order valence-corrected chi connectivity index (χ1v) is 6.56. The fourth-order valence-corrected chi connectivity index (χ4v) is 2.20. The smallest absolute Gasteiger partial charge is 0.121 e. The first kappa shape index (κ1) is 12.9. The van der Waals surface area contributed by atoms with Crippen molar-refractivity contribution in [3.63, 3.8) is 0 Å². The van der Waals surface area contributed by atoms with Gasteiger partial charge in [0.15, 0.2) is 0 Å². The molecule has 0 aliphatic rings. The van der Waals surface area contributed by atoms with Crippen molar-refractivity contribution in [2.75, 3.05) is 20.2 Å². The van der Waals surface area contributed by atoms with E-state index < -0.39 is 0 Å². The monoisotopic (exact) mass is 247 g/mol. The highest BCUT2D eigenvalue weighted by Gasteiger charge is 2.09. The molecule has 2 rings (SSSR count). The van der Waals surface area contributed by atoms with Gasteiger partial charge in [-0.05, 0) is 33.0 Å². The van der Waals surface area contributed by atoms with Gasteiger partial charge in [0, 0.05) is 25.6 Å². The van der Waals surface area contributed by atoms with Gasteiger partial charge in [0.25, 0.3) is 0 Å². The second-order valence-electron chi connectivity index (χ2n) is 4.21. The summed E-state index contributed by atoms with van der Waals surface area (Å²) < 4.78 is 7.78. The predicted molar refractivity (Wildman–Crippen MR) is 74.2 cm³/mol. The highest BCUT2D eigenvalue weighted by Crippen LogP contribution is 2.22. The van der Waals surface area contributed by atoms with Crippen LogP contribution in [0.15, 0.2) is 18.2 Å². The molecule has 98 valence electrons. The summed E-state index contributed by atoms with van der Waals surface area (Å²) in [5.41, 5.74) is 2.21. The molecule has 0 bridgehead atoms. The molecule has 0 aliphatic heterocycles. The van der Waals surface area contributed by atoms with Crippen molar-refractivity contribution in [1.29, 1.82) is 0 Å². The van der Waals surface area contributed by atoms with E-state index in [0.717, 1.165) is 36.6 Å². The molecule has 4 heteroatoms. The summed E-state index contributed by atoms with van der Waals surface area (Å²) in [6, 6.07) is 6.13. The van der Waals surface area contributed by atoms with Crippen LogP contribution in [0.2, 0.25) is 0 Å². The minimum atomic E-state index is 0.687. The largest absolute Gasteiger partial charge is 0.494 e. The van der Waals surface area contributed by atoms with E-state index in [4.69, 9.17) is 9.72 Å². The minimum Gasteiger partial charge on any atom is -0.494 e. The number of hydrogen-bond acceptors (Lipinski definition) is 3. The van der Waals surface area contributed by atoms with E-state index in [-0.39, 0.29) is 0 Å². The van der Waals surface area contributed by atoms with Crippen LogP contribution in [0.5, 0.6) is 5.75 Å². The van der Waals surface area contributed by atoms with Crippen LogP contribution in [0, 0.1) is 0 Å². The SMILES string of the molecule is CCOc1ccc2c(c1)nc(CCNC)n2CC. The topological polar surface area (TPSA) is 39.1 Å². The summed E-state index contributed by atoms with van der Waals surface area (Å²) in [6.45, 7) is 6.73. The molecular formula is C14H21N3O. The maximum absolute atomic E-state index is 5.52. The van der Waals surface area contributed by atoms with Gasteiger partial charge in [0.1, 0.15) is 11.6 Å². The number of nitrogens with one attached hydrogen (secondary N) is 1. The molecule has 0 unspecified atom stereocenters. The fourth-order valence-electron chi connectivity index (χ4n) is 2.20. The zero-order valence-corrected chi connectivity index (χ0v) is 11.4. The van der Waals surface area contributed by atoms with Gasteiger partial charge in [0.05, 0.1) is 17.6 Å². The Morgan fingerprint density at radius 3 is 2.83 bits per heavy atom. The molecular weight excluding hydrogens is 226 g/mol. The highest BCUT2D eigenvalue weighted by molar-refractivity contribution is 5.77. The van der Waals surface area contributed by atoms with Crippen LogP contribution in [0.1, 0.15) is 19.7 Å². The lowest BCUT2D eigenvalue weighted by molar-refractivity contribution is 0.340. The maximum atomic E-state index is 5.52. The third-order valence-electron chi connectivity index (χ3n) is 3.02. The van der Waals surface area contributed by atoms with Gasteiger partial charge in [-0.15, -0.1) is 0 Å². The lowest BCUT2D eigenvalue weighted by atomic mass is 10.3. The summed E-state index contributed by atoms with van der Waals surface area (Å²) in [7, 11) is 1.96. The fraction of sp³-hybridized carbons (Fsp3) is 0.500. The van der Waals surface area contributed by atoms with E-state index in [9.17, 15) is 0 Å². The Kier molecular flexibility index (Phi) is 4.20. The van der Waals surface area contributed by atoms with Crippen LogP contribution in [0.3, 0.4) is 0 Å². The Bertz CT molecular complexity index is 519. The van der Waals surface area contributed by atoms with Crippen molar-refractivity contribution in [2.45, 2.75) is 26.8 Å². The molecule has 0 saturated heterocycles. The summed E-state index contributed by atoms with van der Waals surface area (Å²) in [5.74, 6) is 2.03. The number of fused-ring (bicyclic) bond motifs is 1. The molecule has 1 aromatic heterocycles. The average molecular weight is 247 g/mol. The highest BCUT2D eigenvalue weighted by atomic mass is 16.5. The normalized spacial score (nSPS) is 11.1. The van der Waals surface area contributed by atoms with Crippen LogP contribution >= 0.6 is 0 Å². The van der Waals surface area contributed by atoms with Crippen LogP contribution in [0.4, 0.5) is 0 Å². The molecule has 1 aromatic carbocycles. The van der Waals surface area contributed by atoms with Crippen molar-refractivity contribution < 1.29 is 4.74 Å². The molecule has 1 heterocycles. The number of ether oxygens (including phenoxy) is 1. The molecule has 1 N–H and O–H groups in total. The molecule has 2 aromatic rings. The van der Waals surface area contributed by atoms with E-state index in [0.29, 0.717) is 6.61 Å². The Morgan fingerprint density at radius 1 is 1.33 bits per heavy atom. The summed E-state index contributed by atoms with van der Waals surface area (Å²) >= 11 is 0. The van der Waals surface area contributed by atoms with Gasteiger partial charge in [0.2, 0.25) is 0 Å². The van der Waals surface area contributed by atoms with Gasteiger partial charge < -0.3 is 14.6 Å². The second kappa shape index (κ2) is 5.87. The van der Waals surface area contributed by atoms with Gasteiger partial charge in [-0.1, -0.05) is 0 Å². The van der Waals surface area contributed by atoms with Crippen LogP contribution in [-0.4, -0.2) is 29.8 Å². The van der Waals surface area contributed by atoms with Gasteiger partial charge in [-0.3, -0.25) is 0 Å². The standard InChI is InChI=1S/C14H21N3O/c1-4-17-13-7-6-11(18-5-2)10-12(13)16-14(17)8-9-15-3/h6-7,10,15H,4-5,8-9H2,1-3H3. The number of benzene rings is 1. The molecule has 0 aliphatic carbocycles. The number of imidazole rings is 1. The van der Waals surface area contributed by atoms with E-state index in [1.807, 2.05) is 26.1 Å². The zero-order chi connectivity index (χ0) is 13.0. The lowest BCUT2D eigenvalue weighted by Crippen LogP contribution is -2.13. The summed E-state index contributed by atoms with van der Waals surface area (Å²) in [6.07, 6.45) is 0.947. The number of hydrogen-bond donors (Lipinski definition) is 1. The van der Waals surface area contributed by atoms with Crippen LogP contribution < -0.4 is 10.1 Å². The molecule has 0 radical (unpaired) electrons. The lowest BCUT2D eigenvalue weighted by Gasteiger charge is -2.06. The summed E-state index contributed by atoms with van der Waals surface area (Å²) in [4.78, 5) is 4.71. The first-order valence-electron chi connectivity index (χ1n) is 6.56. The van der Waals surface area contributed by atoms with E-state index in [1.165, 1.54) is 5.52 Å². The third-order valence-corrected chi connectivity index (χ3v) is 3.02. The Balaban J connectivity index is 2.40. The Labute approximate surface area is 108 Å². The quantitative estimate of drug-likeness (QED) is 0.850. The van der Waals surface area contributed by atoms with Crippen LogP contribution in [0.25, 0.3) is 11.0 Å². The van der Waals surface area contributed by atoms with Crippen molar-refractivity contribution >= 4 is 11.0 Å². The molecule has 0 atom stereocenters. The number of aromatic nitrogens is 2. The molecule has 0 fully saturated rings. The molecule has 18 heavy (non-hydrogen) atoms. The van der Waals surface area contributed by atoms with Gasteiger partial charge in [-0.25, -0.2) is 4.98 Å². The predicted octanol–water partition coefficient (Wildman–Crippen LogP) is 2.22. The molecule has 0 saturated carbocycles. The Hall–Kier alpha value is -1.55. The van der Waals surface area contributed by atoms with Crippen LogP contribution in [-0.2, 0) is 13.0 Å². The first-order chi connectivity index (χ1) is 8.80. The van der Waals surface area contributed by atoms with E-state index in [2.05, 4.69) is 22.9 Å². The van der Waals surface area contributed by atoms with Crippen molar-refractivity contribution in [1.82, 2.24) is 14.9 Å². The van der Waals surface area contributed by atoms with Gasteiger partial charge >= 0.3 is 0 Å². The average Bonchev–Trinajstić information content (AvgIpc) is 2.73. The Morgan fingerprint density at radius 2 is 2.17 bits per heavy atom. The van der Waals surface area contributed by atoms with Crippen molar-refractivity contribution in [2.24, 2.45) is 0 Å². The maximum Gasteiger partial charge on any atom is 0.121 e. The van der Waals surface area contributed by atoms with Gasteiger partial charge in [-0.2, -0.15) is 0 Å². The molecule has 0 amide bonds. The number of rotatable bonds is 6. The summed E-state index contributed by atoms with van der Waals surface area (Å²) in [5, 5.41) is 3.17. The third kappa shape index (κ3) is 2.48. The zero-order valence-electron chi connectivity index (χ0n) is 11.4. The second-order valence-corrected chi connectivity index (χ2v) is 4.21. The van der Waals surface area contributed by atoms with E-state index >= 15 is 0 Å². The number of likely N-dealkylation sites (N-methyl/N-ethyl adjacent to an activating group) is 1. The number of aryl methyl sites for hydroxylation is 1. The van der Waals surface area contributed by atoms with E-state index in [1.54, 1.807) is 0 Å². The molecule has 4 nitrogen and oxygen atoms in total. The van der Waals surface area contributed by atoms with Crippen molar-refractivity contribution in [3.8, 4) is 5.75 Å².